The topological polar surface area (TPSA) is 101 Å². The van der Waals surface area contributed by atoms with Crippen molar-refractivity contribution in [3.05, 3.63) is 22.5 Å². The van der Waals surface area contributed by atoms with Crippen LogP contribution in [0.4, 0.5) is 5.82 Å². The molecule has 6 heteroatoms. The minimum Gasteiger partial charge on any atom is -0.330 e. The van der Waals surface area contributed by atoms with Crippen molar-refractivity contribution in [3.8, 4) is 0 Å². The van der Waals surface area contributed by atoms with Crippen molar-refractivity contribution in [2.75, 3.05) is 11.9 Å². The lowest BCUT2D eigenvalue weighted by Gasteiger charge is -2.12. The molecule has 6 nitrogen and oxygen atoms in total. The summed E-state index contributed by atoms with van der Waals surface area (Å²) in [6.45, 7) is 2.30. The molecule has 0 spiro atoms. The van der Waals surface area contributed by atoms with Crippen LogP contribution in [0.15, 0.2) is 16.9 Å². The normalized spacial score (nSPS) is 12.1. The van der Waals surface area contributed by atoms with Crippen LogP contribution in [0.25, 0.3) is 0 Å². The van der Waals surface area contributed by atoms with Gasteiger partial charge in [-0.1, -0.05) is 13.3 Å². The van der Waals surface area contributed by atoms with Crippen molar-refractivity contribution < 1.29 is 4.79 Å². The smallest absolute Gasteiger partial charge is 0.264 e. The summed E-state index contributed by atoms with van der Waals surface area (Å²) >= 11 is 0. The lowest BCUT2D eigenvalue weighted by molar-refractivity contribution is -0.119. The monoisotopic (exact) mass is 224 g/mol. The highest BCUT2D eigenvalue weighted by Crippen LogP contribution is 2.07. The first-order chi connectivity index (χ1) is 7.67. The van der Waals surface area contributed by atoms with Gasteiger partial charge >= 0.3 is 0 Å². The summed E-state index contributed by atoms with van der Waals surface area (Å²) in [5, 5.41) is 8.53. The molecule has 1 heterocycles. The SMILES string of the molecule is CCCC(CN)C(=O)Nc1ccc(=O)[nH]n1. The van der Waals surface area contributed by atoms with E-state index in [-0.39, 0.29) is 17.4 Å². The molecule has 0 saturated carbocycles. The maximum absolute atomic E-state index is 11.7. The van der Waals surface area contributed by atoms with E-state index in [2.05, 4.69) is 15.5 Å². The van der Waals surface area contributed by atoms with Crippen LogP contribution in [0.5, 0.6) is 0 Å². The number of aromatic amines is 1. The third-order valence-corrected chi connectivity index (χ3v) is 2.22. The van der Waals surface area contributed by atoms with E-state index in [0.717, 1.165) is 12.8 Å². The predicted molar refractivity (Wildman–Crippen MR) is 60.9 cm³/mol. The van der Waals surface area contributed by atoms with Crippen LogP contribution in [0, 0.1) is 5.92 Å². The number of hydrogen-bond acceptors (Lipinski definition) is 4. The summed E-state index contributed by atoms with van der Waals surface area (Å²) in [6.07, 6.45) is 1.64. The molecular weight excluding hydrogens is 208 g/mol. The van der Waals surface area contributed by atoms with Crippen molar-refractivity contribution in [2.24, 2.45) is 11.7 Å². The van der Waals surface area contributed by atoms with E-state index >= 15 is 0 Å². The molecule has 0 aliphatic carbocycles. The van der Waals surface area contributed by atoms with Gasteiger partial charge < -0.3 is 11.1 Å². The maximum Gasteiger partial charge on any atom is 0.264 e. The van der Waals surface area contributed by atoms with Crippen molar-refractivity contribution >= 4 is 11.7 Å². The molecule has 0 aliphatic rings. The molecule has 16 heavy (non-hydrogen) atoms. The van der Waals surface area contributed by atoms with Crippen LogP contribution < -0.4 is 16.6 Å². The highest BCUT2D eigenvalue weighted by molar-refractivity contribution is 5.91. The summed E-state index contributed by atoms with van der Waals surface area (Å²) in [5.74, 6) is -0.0400. The number of nitrogens with zero attached hydrogens (tertiary/aromatic N) is 1. The van der Waals surface area contributed by atoms with Gasteiger partial charge in [-0.05, 0) is 12.5 Å². The Balaban J connectivity index is 2.62. The Kier molecular flexibility index (Phi) is 4.65. The zero-order valence-electron chi connectivity index (χ0n) is 9.19. The molecule has 1 aromatic rings. The quantitative estimate of drug-likeness (QED) is 0.659. The van der Waals surface area contributed by atoms with E-state index in [0.29, 0.717) is 12.4 Å². The Hall–Kier alpha value is -1.69. The number of hydrogen-bond donors (Lipinski definition) is 3. The first-order valence-corrected chi connectivity index (χ1v) is 5.24. The second-order valence-corrected chi connectivity index (χ2v) is 3.52. The summed E-state index contributed by atoms with van der Waals surface area (Å²) < 4.78 is 0. The van der Waals surface area contributed by atoms with E-state index in [1.165, 1.54) is 12.1 Å². The van der Waals surface area contributed by atoms with E-state index in [1.54, 1.807) is 0 Å². The molecule has 0 aliphatic heterocycles. The highest BCUT2D eigenvalue weighted by atomic mass is 16.2. The van der Waals surface area contributed by atoms with Gasteiger partial charge in [0.25, 0.3) is 5.56 Å². The fraction of sp³-hybridized carbons (Fsp3) is 0.500. The number of amides is 1. The summed E-state index contributed by atoms with van der Waals surface area (Å²) in [5.41, 5.74) is 5.19. The summed E-state index contributed by atoms with van der Waals surface area (Å²) in [4.78, 5) is 22.4. The first kappa shape index (κ1) is 12.4. The molecule has 1 rings (SSSR count). The highest BCUT2D eigenvalue weighted by Gasteiger charge is 2.15. The van der Waals surface area contributed by atoms with Crippen LogP contribution in [-0.2, 0) is 4.79 Å². The standard InChI is InChI=1S/C10H16N4O2/c1-2-3-7(6-11)10(16)12-8-4-5-9(15)14-13-8/h4-5,7H,2-3,6,11H2,1H3,(H,14,15)(H,12,13,16). The summed E-state index contributed by atoms with van der Waals surface area (Å²) in [6, 6.07) is 2.76. The van der Waals surface area contributed by atoms with Gasteiger partial charge in [0.2, 0.25) is 5.91 Å². The van der Waals surface area contributed by atoms with Crippen molar-refractivity contribution in [2.45, 2.75) is 19.8 Å². The molecule has 1 aromatic heterocycles. The molecule has 0 radical (unpaired) electrons. The molecule has 1 atom stereocenters. The van der Waals surface area contributed by atoms with Crippen molar-refractivity contribution in [1.29, 1.82) is 0 Å². The second-order valence-electron chi connectivity index (χ2n) is 3.52. The number of H-pyrrole nitrogens is 1. The first-order valence-electron chi connectivity index (χ1n) is 5.24. The van der Waals surface area contributed by atoms with E-state index < -0.39 is 0 Å². The molecule has 88 valence electrons. The molecule has 0 bridgehead atoms. The lowest BCUT2D eigenvalue weighted by atomic mass is 10.0. The van der Waals surface area contributed by atoms with E-state index in [4.69, 9.17) is 5.73 Å². The molecule has 1 unspecified atom stereocenters. The third kappa shape index (κ3) is 3.47. The molecular formula is C10H16N4O2. The van der Waals surface area contributed by atoms with Gasteiger partial charge in [0.1, 0.15) is 0 Å². The largest absolute Gasteiger partial charge is 0.330 e. The van der Waals surface area contributed by atoms with Crippen LogP contribution in [0.1, 0.15) is 19.8 Å². The molecule has 1 amide bonds. The van der Waals surface area contributed by atoms with Gasteiger partial charge in [-0.15, -0.1) is 0 Å². The van der Waals surface area contributed by atoms with Gasteiger partial charge in [0.15, 0.2) is 5.82 Å². The zero-order valence-corrected chi connectivity index (χ0v) is 9.19. The summed E-state index contributed by atoms with van der Waals surface area (Å²) in [7, 11) is 0. The number of nitrogens with one attached hydrogen (secondary N) is 2. The number of carbonyl (C=O) groups excluding carboxylic acids is 1. The van der Waals surface area contributed by atoms with Gasteiger partial charge in [-0.25, -0.2) is 5.10 Å². The Morgan fingerprint density at radius 3 is 2.88 bits per heavy atom. The Labute approximate surface area is 93.2 Å². The van der Waals surface area contributed by atoms with Gasteiger partial charge in [-0.3, -0.25) is 9.59 Å². The maximum atomic E-state index is 11.7. The number of nitrogens with two attached hydrogens (primary N) is 1. The fourth-order valence-electron chi connectivity index (χ4n) is 1.35. The third-order valence-electron chi connectivity index (χ3n) is 2.22. The van der Waals surface area contributed by atoms with Crippen LogP contribution in [0.2, 0.25) is 0 Å². The second kappa shape index (κ2) is 6.02. The molecule has 4 N–H and O–H groups in total. The van der Waals surface area contributed by atoms with E-state index in [9.17, 15) is 9.59 Å². The lowest BCUT2D eigenvalue weighted by Crippen LogP contribution is -2.29. The fourth-order valence-corrected chi connectivity index (χ4v) is 1.35. The van der Waals surface area contributed by atoms with Crippen molar-refractivity contribution in [1.82, 2.24) is 10.2 Å². The van der Waals surface area contributed by atoms with Crippen LogP contribution in [0.3, 0.4) is 0 Å². The number of aromatic nitrogens is 2. The minimum atomic E-state index is -0.304. The molecule has 0 fully saturated rings. The van der Waals surface area contributed by atoms with E-state index in [1.807, 2.05) is 6.92 Å². The minimum absolute atomic E-state index is 0.163. The number of carbonyl (C=O) groups is 1. The Bertz CT molecular complexity index is 382. The number of anilines is 1. The zero-order chi connectivity index (χ0) is 12.0. The van der Waals surface area contributed by atoms with Gasteiger partial charge in [0, 0.05) is 12.6 Å². The molecule has 0 saturated heterocycles. The Morgan fingerprint density at radius 1 is 1.62 bits per heavy atom. The van der Waals surface area contributed by atoms with Crippen LogP contribution in [-0.4, -0.2) is 22.6 Å². The predicted octanol–water partition coefficient (Wildman–Crippen LogP) is 0.0834. The average Bonchev–Trinajstić information content (AvgIpc) is 2.29. The van der Waals surface area contributed by atoms with Gasteiger partial charge in [0.05, 0.1) is 5.92 Å². The van der Waals surface area contributed by atoms with Crippen molar-refractivity contribution in [3.63, 3.8) is 0 Å². The molecule has 0 aromatic carbocycles. The van der Waals surface area contributed by atoms with Crippen LogP contribution >= 0.6 is 0 Å². The Morgan fingerprint density at radius 2 is 2.38 bits per heavy atom. The number of rotatable bonds is 5. The average molecular weight is 224 g/mol. The van der Waals surface area contributed by atoms with Gasteiger partial charge in [-0.2, -0.15) is 5.10 Å².